The van der Waals surface area contributed by atoms with Crippen molar-refractivity contribution in [2.45, 2.75) is 6.54 Å². The van der Waals surface area contributed by atoms with E-state index >= 15 is 0 Å². The van der Waals surface area contributed by atoms with E-state index in [1.165, 1.54) is 4.90 Å². The van der Waals surface area contributed by atoms with Gasteiger partial charge in [0.2, 0.25) is 0 Å². The highest BCUT2D eigenvalue weighted by molar-refractivity contribution is 8.18. The molecule has 148 valence electrons. The van der Waals surface area contributed by atoms with Crippen molar-refractivity contribution in [2.75, 3.05) is 0 Å². The Balaban J connectivity index is 1.59. The first kappa shape index (κ1) is 19.7. The van der Waals surface area contributed by atoms with Crippen molar-refractivity contribution in [3.05, 3.63) is 100 Å². The van der Waals surface area contributed by atoms with Crippen molar-refractivity contribution >= 4 is 35.0 Å². The Kier molecular flexibility index (Phi) is 5.50. The molecule has 2 amide bonds. The van der Waals surface area contributed by atoms with Crippen LogP contribution in [0.2, 0.25) is 0 Å². The van der Waals surface area contributed by atoms with Crippen molar-refractivity contribution in [1.29, 1.82) is 0 Å². The van der Waals surface area contributed by atoms with Crippen LogP contribution in [0.5, 0.6) is 0 Å². The van der Waals surface area contributed by atoms with Gasteiger partial charge in [-0.05, 0) is 58.3 Å². The zero-order chi connectivity index (χ0) is 21.1. The van der Waals surface area contributed by atoms with Gasteiger partial charge in [-0.1, -0.05) is 60.7 Å². The quantitative estimate of drug-likeness (QED) is 0.573. The molecule has 0 saturated carbocycles. The molecular weight excluding hydrogens is 398 g/mol. The number of carboxylic acid groups (broad SMARTS) is 1. The highest BCUT2D eigenvalue weighted by Gasteiger charge is 2.34. The van der Waals surface area contributed by atoms with Gasteiger partial charge in [0.05, 0.1) is 17.0 Å². The average molecular weight is 415 g/mol. The lowest BCUT2D eigenvalue weighted by atomic mass is 10.0. The summed E-state index contributed by atoms with van der Waals surface area (Å²) in [5, 5.41) is 8.91. The lowest BCUT2D eigenvalue weighted by molar-refractivity contribution is -0.123. The van der Waals surface area contributed by atoms with E-state index in [9.17, 15) is 19.5 Å². The summed E-state index contributed by atoms with van der Waals surface area (Å²) >= 11 is 0.925. The molecule has 0 atom stereocenters. The Labute approximate surface area is 177 Å². The highest BCUT2D eigenvalue weighted by atomic mass is 32.2. The molecule has 4 rings (SSSR count). The maximum atomic E-state index is 12.7. The lowest BCUT2D eigenvalue weighted by Crippen LogP contribution is -2.27. The van der Waals surface area contributed by atoms with E-state index in [-0.39, 0.29) is 23.3 Å². The molecule has 1 heterocycles. The normalized spacial score (nSPS) is 15.1. The topological polar surface area (TPSA) is 74.7 Å². The number of imide groups is 1. The third kappa shape index (κ3) is 4.18. The van der Waals surface area contributed by atoms with Crippen LogP contribution in [-0.4, -0.2) is 27.1 Å². The molecule has 0 unspecified atom stereocenters. The second-order valence-corrected chi connectivity index (χ2v) is 7.76. The number of amides is 2. The van der Waals surface area contributed by atoms with Crippen LogP contribution >= 0.6 is 11.8 Å². The molecule has 3 aromatic rings. The molecule has 1 aliphatic heterocycles. The average Bonchev–Trinajstić information content (AvgIpc) is 3.02. The van der Waals surface area contributed by atoms with Gasteiger partial charge in [0.25, 0.3) is 11.1 Å². The first-order chi connectivity index (χ1) is 14.5. The second-order valence-electron chi connectivity index (χ2n) is 6.76. The molecule has 5 nitrogen and oxygen atoms in total. The van der Waals surface area contributed by atoms with Crippen LogP contribution in [0.15, 0.2) is 83.8 Å². The monoisotopic (exact) mass is 415 g/mol. The molecule has 3 aromatic carbocycles. The third-order valence-electron chi connectivity index (χ3n) is 4.68. The second kappa shape index (κ2) is 8.39. The van der Waals surface area contributed by atoms with Gasteiger partial charge in [-0.15, -0.1) is 0 Å². The summed E-state index contributed by atoms with van der Waals surface area (Å²) in [7, 11) is 0. The molecule has 0 spiro atoms. The fourth-order valence-electron chi connectivity index (χ4n) is 3.19. The molecule has 0 aliphatic carbocycles. The van der Waals surface area contributed by atoms with Gasteiger partial charge in [-0.2, -0.15) is 0 Å². The highest BCUT2D eigenvalue weighted by Crippen LogP contribution is 2.34. The smallest absolute Gasteiger partial charge is 0.335 e. The number of carbonyl (C=O) groups excluding carboxylic acids is 2. The van der Waals surface area contributed by atoms with E-state index in [0.717, 1.165) is 34.0 Å². The van der Waals surface area contributed by atoms with Crippen LogP contribution in [0, 0.1) is 0 Å². The molecule has 0 aromatic heterocycles. The molecule has 1 saturated heterocycles. The zero-order valence-corrected chi connectivity index (χ0v) is 16.6. The Morgan fingerprint density at radius 3 is 2.33 bits per heavy atom. The fraction of sp³-hybridized carbons (Fsp3) is 0.0417. The minimum absolute atomic E-state index is 0.208. The Bertz CT molecular complexity index is 1170. The zero-order valence-electron chi connectivity index (χ0n) is 15.8. The number of thioether (sulfide) groups is 1. The Hall–Kier alpha value is -3.64. The van der Waals surface area contributed by atoms with Crippen LogP contribution in [0.3, 0.4) is 0 Å². The van der Waals surface area contributed by atoms with Gasteiger partial charge in [-0.25, -0.2) is 4.79 Å². The van der Waals surface area contributed by atoms with E-state index in [4.69, 9.17) is 0 Å². The van der Waals surface area contributed by atoms with Gasteiger partial charge < -0.3 is 5.11 Å². The number of hydrogen-bond acceptors (Lipinski definition) is 4. The van der Waals surface area contributed by atoms with Crippen LogP contribution < -0.4 is 0 Å². The summed E-state index contributed by atoms with van der Waals surface area (Å²) in [5.74, 6) is -1.30. The summed E-state index contributed by atoms with van der Waals surface area (Å²) in [5.41, 5.74) is 3.46. The molecule has 1 fully saturated rings. The van der Waals surface area contributed by atoms with Gasteiger partial charge >= 0.3 is 5.97 Å². The third-order valence-corrected chi connectivity index (χ3v) is 5.59. The standard InChI is InChI=1S/C24H17NO4S/c26-22-21(30-24(29)25(22)15-16-6-2-1-3-7-16)13-17-8-4-9-18(12-17)19-10-5-11-20(14-19)23(27)28/h1-14H,15H2,(H,27,28)/b21-13-. The molecule has 6 heteroatoms. The van der Waals surface area contributed by atoms with Crippen molar-refractivity contribution in [1.82, 2.24) is 4.90 Å². The van der Waals surface area contributed by atoms with Crippen LogP contribution in [-0.2, 0) is 11.3 Å². The fourth-order valence-corrected chi connectivity index (χ4v) is 4.03. The van der Waals surface area contributed by atoms with Gasteiger partial charge in [0, 0.05) is 0 Å². The molecule has 1 aliphatic rings. The van der Waals surface area contributed by atoms with Crippen molar-refractivity contribution in [3.63, 3.8) is 0 Å². The first-order valence-electron chi connectivity index (χ1n) is 9.24. The maximum Gasteiger partial charge on any atom is 0.335 e. The molecule has 1 N–H and O–H groups in total. The van der Waals surface area contributed by atoms with E-state index in [0.29, 0.717) is 4.91 Å². The van der Waals surface area contributed by atoms with E-state index in [2.05, 4.69) is 0 Å². The molecular formula is C24H17NO4S. The Morgan fingerprint density at radius 2 is 1.60 bits per heavy atom. The summed E-state index contributed by atoms with van der Waals surface area (Å²) in [4.78, 5) is 37.9. The van der Waals surface area contributed by atoms with E-state index in [1.54, 1.807) is 24.3 Å². The predicted octanol–water partition coefficient (Wildman–Crippen LogP) is 5.29. The number of nitrogens with zero attached hydrogens (tertiary/aromatic N) is 1. The summed E-state index contributed by atoms with van der Waals surface area (Å²) in [6.07, 6.45) is 1.69. The number of benzene rings is 3. The van der Waals surface area contributed by atoms with Crippen molar-refractivity contribution in [3.8, 4) is 11.1 Å². The van der Waals surface area contributed by atoms with Gasteiger partial charge in [0.15, 0.2) is 0 Å². The largest absolute Gasteiger partial charge is 0.478 e. The van der Waals surface area contributed by atoms with Crippen molar-refractivity contribution < 1.29 is 19.5 Å². The molecule has 30 heavy (non-hydrogen) atoms. The maximum absolute atomic E-state index is 12.7. The minimum atomic E-state index is -0.986. The number of carbonyl (C=O) groups is 3. The van der Waals surface area contributed by atoms with E-state index < -0.39 is 5.97 Å². The summed E-state index contributed by atoms with van der Waals surface area (Å²) < 4.78 is 0. The van der Waals surface area contributed by atoms with Gasteiger partial charge in [0.1, 0.15) is 0 Å². The number of hydrogen-bond donors (Lipinski definition) is 1. The van der Waals surface area contributed by atoms with Crippen LogP contribution in [0.1, 0.15) is 21.5 Å². The summed E-state index contributed by atoms with van der Waals surface area (Å²) in [6.45, 7) is 0.241. The Morgan fingerprint density at radius 1 is 0.900 bits per heavy atom. The SMILES string of the molecule is O=C(O)c1cccc(-c2cccc(/C=C3\SC(=O)N(Cc4ccccc4)C3=O)c2)c1. The number of carboxylic acids is 1. The van der Waals surface area contributed by atoms with Crippen LogP contribution in [0.4, 0.5) is 4.79 Å². The number of aromatic carboxylic acids is 1. The molecule has 0 bridgehead atoms. The van der Waals surface area contributed by atoms with Crippen LogP contribution in [0.25, 0.3) is 17.2 Å². The molecule has 0 radical (unpaired) electrons. The predicted molar refractivity (Wildman–Crippen MR) is 117 cm³/mol. The van der Waals surface area contributed by atoms with Gasteiger partial charge in [-0.3, -0.25) is 14.5 Å². The minimum Gasteiger partial charge on any atom is -0.478 e. The lowest BCUT2D eigenvalue weighted by Gasteiger charge is -2.12. The number of rotatable bonds is 5. The van der Waals surface area contributed by atoms with Crippen molar-refractivity contribution in [2.24, 2.45) is 0 Å². The first-order valence-corrected chi connectivity index (χ1v) is 10.1. The van der Waals surface area contributed by atoms with E-state index in [1.807, 2.05) is 60.7 Å². The summed E-state index contributed by atoms with van der Waals surface area (Å²) in [6, 6.07) is 23.5.